The quantitative estimate of drug-likeness (QED) is 0.866. The predicted octanol–water partition coefficient (Wildman–Crippen LogP) is 2.24. The van der Waals surface area contributed by atoms with Gasteiger partial charge in [0.2, 0.25) is 6.29 Å². The standard InChI is InChI=1S/C15H22FNO4S/c1-4-10(17-5-2)6-15-20-9-12-13(16)7-11(22(3,18)19)8-14(12)21-15/h7-8,10,15,17H,4-6,9H2,1-3H3. The summed E-state index contributed by atoms with van der Waals surface area (Å²) < 4.78 is 48.4. The molecule has 0 radical (unpaired) electrons. The molecule has 1 N–H and O–H groups in total. The van der Waals surface area contributed by atoms with Crippen molar-refractivity contribution in [1.29, 1.82) is 0 Å². The molecule has 0 bridgehead atoms. The lowest BCUT2D eigenvalue weighted by Crippen LogP contribution is -2.36. The summed E-state index contributed by atoms with van der Waals surface area (Å²) in [5.41, 5.74) is 0.264. The number of halogens is 1. The van der Waals surface area contributed by atoms with Crippen LogP contribution < -0.4 is 10.1 Å². The SMILES string of the molecule is CCNC(CC)CC1OCc2c(F)cc(S(C)(=O)=O)cc2O1. The minimum atomic E-state index is -3.49. The third-order valence-corrected chi connectivity index (χ3v) is 4.78. The molecule has 2 rings (SSSR count). The molecule has 0 fully saturated rings. The maximum Gasteiger partial charge on any atom is 0.201 e. The van der Waals surface area contributed by atoms with Gasteiger partial charge in [0.05, 0.1) is 17.1 Å². The first kappa shape index (κ1) is 17.2. The first-order valence-corrected chi connectivity index (χ1v) is 9.28. The molecule has 7 heteroatoms. The molecule has 0 spiro atoms. The highest BCUT2D eigenvalue weighted by Gasteiger charge is 2.27. The number of ether oxygens (including phenoxy) is 2. The van der Waals surface area contributed by atoms with E-state index in [2.05, 4.69) is 12.2 Å². The van der Waals surface area contributed by atoms with E-state index in [1.807, 2.05) is 6.92 Å². The van der Waals surface area contributed by atoms with Crippen molar-refractivity contribution in [2.45, 2.75) is 50.5 Å². The van der Waals surface area contributed by atoms with Crippen molar-refractivity contribution in [3.63, 3.8) is 0 Å². The van der Waals surface area contributed by atoms with E-state index in [1.165, 1.54) is 6.07 Å². The van der Waals surface area contributed by atoms with Gasteiger partial charge in [0.25, 0.3) is 0 Å². The average Bonchev–Trinajstić information content (AvgIpc) is 2.45. The third kappa shape index (κ3) is 3.97. The van der Waals surface area contributed by atoms with Crippen molar-refractivity contribution in [3.05, 3.63) is 23.5 Å². The van der Waals surface area contributed by atoms with Crippen molar-refractivity contribution in [2.75, 3.05) is 12.8 Å². The van der Waals surface area contributed by atoms with Crippen LogP contribution in [0.25, 0.3) is 0 Å². The Hall–Kier alpha value is -1.18. The molecule has 1 heterocycles. The summed E-state index contributed by atoms with van der Waals surface area (Å²) in [6.45, 7) is 5.01. The van der Waals surface area contributed by atoms with Gasteiger partial charge in [-0.1, -0.05) is 13.8 Å². The molecule has 0 aliphatic carbocycles. The van der Waals surface area contributed by atoms with Gasteiger partial charge in [-0.3, -0.25) is 0 Å². The fourth-order valence-corrected chi connectivity index (χ4v) is 3.07. The Kier molecular flexibility index (Phi) is 5.41. The summed E-state index contributed by atoms with van der Waals surface area (Å²) >= 11 is 0. The van der Waals surface area contributed by atoms with Crippen molar-refractivity contribution < 1.29 is 22.3 Å². The zero-order valence-electron chi connectivity index (χ0n) is 13.1. The maximum absolute atomic E-state index is 14.0. The predicted molar refractivity (Wildman–Crippen MR) is 81.1 cm³/mol. The highest BCUT2D eigenvalue weighted by Crippen LogP contribution is 2.32. The molecule has 1 aromatic carbocycles. The van der Waals surface area contributed by atoms with E-state index < -0.39 is 21.9 Å². The number of rotatable bonds is 6. The second-order valence-electron chi connectivity index (χ2n) is 5.41. The molecule has 0 saturated carbocycles. The lowest BCUT2D eigenvalue weighted by atomic mass is 10.1. The minimum Gasteiger partial charge on any atom is -0.464 e. The van der Waals surface area contributed by atoms with Crippen LogP contribution in [0.4, 0.5) is 4.39 Å². The summed E-state index contributed by atoms with van der Waals surface area (Å²) in [6.07, 6.45) is 2.07. The lowest BCUT2D eigenvalue weighted by molar-refractivity contribution is -0.117. The van der Waals surface area contributed by atoms with Crippen LogP contribution in [0.3, 0.4) is 0 Å². The van der Waals surface area contributed by atoms with E-state index in [0.29, 0.717) is 6.42 Å². The van der Waals surface area contributed by atoms with Crippen LogP contribution in [0.15, 0.2) is 17.0 Å². The number of sulfone groups is 1. The molecular formula is C15H22FNO4S. The monoisotopic (exact) mass is 331 g/mol. The topological polar surface area (TPSA) is 64.6 Å². The van der Waals surface area contributed by atoms with Gasteiger partial charge in [0.1, 0.15) is 11.6 Å². The minimum absolute atomic E-state index is 0.0804. The molecule has 22 heavy (non-hydrogen) atoms. The second-order valence-corrected chi connectivity index (χ2v) is 7.43. The Labute approximate surface area is 130 Å². The summed E-state index contributed by atoms with van der Waals surface area (Å²) in [4.78, 5) is -0.0804. The number of nitrogens with one attached hydrogen (secondary N) is 1. The highest BCUT2D eigenvalue weighted by atomic mass is 32.2. The Morgan fingerprint density at radius 3 is 2.73 bits per heavy atom. The molecule has 5 nitrogen and oxygen atoms in total. The Bertz CT molecular complexity index is 633. The van der Waals surface area contributed by atoms with Gasteiger partial charge in [-0.25, -0.2) is 12.8 Å². The van der Waals surface area contributed by atoms with E-state index in [4.69, 9.17) is 9.47 Å². The molecule has 0 saturated heterocycles. The fourth-order valence-electron chi connectivity index (χ4n) is 2.43. The van der Waals surface area contributed by atoms with E-state index >= 15 is 0 Å². The molecule has 2 unspecified atom stereocenters. The molecular weight excluding hydrogens is 309 g/mol. The van der Waals surface area contributed by atoms with Gasteiger partial charge in [0, 0.05) is 18.7 Å². The lowest BCUT2D eigenvalue weighted by Gasteiger charge is -2.29. The Morgan fingerprint density at radius 1 is 1.41 bits per heavy atom. The maximum atomic E-state index is 14.0. The van der Waals surface area contributed by atoms with Crippen molar-refractivity contribution in [2.24, 2.45) is 0 Å². The molecule has 1 aliphatic heterocycles. The number of hydrogen-bond donors (Lipinski definition) is 1. The third-order valence-electron chi connectivity index (χ3n) is 3.69. The normalized spacial score (nSPS) is 19.4. The average molecular weight is 331 g/mol. The van der Waals surface area contributed by atoms with Crippen LogP contribution in [0.1, 0.15) is 32.3 Å². The molecule has 0 amide bonds. The van der Waals surface area contributed by atoms with E-state index in [9.17, 15) is 12.8 Å². The molecule has 1 aromatic rings. The highest BCUT2D eigenvalue weighted by molar-refractivity contribution is 7.90. The molecule has 2 atom stereocenters. The second kappa shape index (κ2) is 6.93. The van der Waals surface area contributed by atoms with Gasteiger partial charge >= 0.3 is 0 Å². The van der Waals surface area contributed by atoms with Crippen LogP contribution in [0.2, 0.25) is 0 Å². The van der Waals surface area contributed by atoms with Crippen LogP contribution in [-0.2, 0) is 21.2 Å². The van der Waals surface area contributed by atoms with E-state index in [0.717, 1.165) is 25.3 Å². The van der Waals surface area contributed by atoms with E-state index in [1.54, 1.807) is 0 Å². The molecule has 0 aromatic heterocycles. The smallest absolute Gasteiger partial charge is 0.201 e. The summed E-state index contributed by atoms with van der Waals surface area (Å²) in [6, 6.07) is 2.62. The van der Waals surface area contributed by atoms with Gasteiger partial charge < -0.3 is 14.8 Å². The van der Waals surface area contributed by atoms with Gasteiger partial charge in [-0.15, -0.1) is 0 Å². The van der Waals surface area contributed by atoms with Crippen LogP contribution in [0, 0.1) is 5.82 Å². The fraction of sp³-hybridized carbons (Fsp3) is 0.600. The summed E-state index contributed by atoms with van der Waals surface area (Å²) in [7, 11) is -3.49. The van der Waals surface area contributed by atoms with Gasteiger partial charge in [0.15, 0.2) is 9.84 Å². The van der Waals surface area contributed by atoms with Crippen molar-refractivity contribution >= 4 is 9.84 Å². The molecule has 1 aliphatic rings. The van der Waals surface area contributed by atoms with Gasteiger partial charge in [-0.05, 0) is 25.1 Å². The van der Waals surface area contributed by atoms with Crippen molar-refractivity contribution in [3.8, 4) is 5.75 Å². The van der Waals surface area contributed by atoms with E-state index in [-0.39, 0.29) is 28.9 Å². The van der Waals surface area contributed by atoms with Crippen molar-refractivity contribution in [1.82, 2.24) is 5.32 Å². The number of benzene rings is 1. The molecule has 124 valence electrons. The first-order valence-electron chi connectivity index (χ1n) is 7.39. The first-order chi connectivity index (χ1) is 10.3. The Balaban J connectivity index is 2.20. The largest absolute Gasteiger partial charge is 0.464 e. The van der Waals surface area contributed by atoms with Crippen LogP contribution >= 0.6 is 0 Å². The zero-order valence-corrected chi connectivity index (χ0v) is 13.9. The number of fused-ring (bicyclic) bond motifs is 1. The summed E-state index contributed by atoms with van der Waals surface area (Å²) in [5.74, 6) is -0.363. The van der Waals surface area contributed by atoms with Gasteiger partial charge in [-0.2, -0.15) is 0 Å². The Morgan fingerprint density at radius 2 is 2.14 bits per heavy atom. The van der Waals surface area contributed by atoms with Crippen LogP contribution in [0.5, 0.6) is 5.75 Å². The zero-order chi connectivity index (χ0) is 16.3. The number of hydrogen-bond acceptors (Lipinski definition) is 5. The van der Waals surface area contributed by atoms with Crippen LogP contribution in [-0.4, -0.2) is 33.6 Å². The summed E-state index contributed by atoms with van der Waals surface area (Å²) in [5, 5.41) is 3.32.